The summed E-state index contributed by atoms with van der Waals surface area (Å²) in [6.07, 6.45) is 0.920. The van der Waals surface area contributed by atoms with Crippen molar-refractivity contribution in [1.29, 1.82) is 0 Å². The maximum Gasteiger partial charge on any atom is 0.238 e. The number of rotatable bonds is 1. The predicted molar refractivity (Wildman–Crippen MR) is 52.4 cm³/mol. The molecule has 0 unspecified atom stereocenters. The number of phenolic OH excluding ortho intramolecular Hbond substituents is 1. The molecule has 0 bridgehead atoms. The molecule has 1 heterocycles. The Bertz CT molecular complexity index is 570. The van der Waals surface area contributed by atoms with Crippen molar-refractivity contribution in [2.45, 2.75) is 0 Å². The van der Waals surface area contributed by atoms with Gasteiger partial charge in [0, 0.05) is 12.1 Å². The van der Waals surface area contributed by atoms with Gasteiger partial charge in [-0.3, -0.25) is 4.79 Å². The van der Waals surface area contributed by atoms with Gasteiger partial charge in [0.1, 0.15) is 28.7 Å². The van der Waals surface area contributed by atoms with Gasteiger partial charge in [-0.15, -0.1) is 0 Å². The van der Waals surface area contributed by atoms with E-state index in [1.807, 2.05) is 0 Å². The second kappa shape index (κ2) is 3.20. The summed E-state index contributed by atoms with van der Waals surface area (Å²) in [4.78, 5) is 11.4. The number of methoxy groups -OCH3 is 1. The lowest BCUT2D eigenvalue weighted by Crippen LogP contribution is -2.00. The molecule has 15 heavy (non-hydrogen) atoms. The molecule has 5 heteroatoms. The summed E-state index contributed by atoms with van der Waals surface area (Å²) in [6.45, 7) is 0. The Balaban J connectivity index is 2.92. The summed E-state index contributed by atoms with van der Waals surface area (Å²) in [5, 5.41) is 18.6. The normalized spacial score (nSPS) is 10.5. The van der Waals surface area contributed by atoms with Crippen molar-refractivity contribution in [3.8, 4) is 17.2 Å². The molecular formula is C10H8O5. The first-order chi connectivity index (χ1) is 7.13. The van der Waals surface area contributed by atoms with E-state index in [1.165, 1.54) is 19.2 Å². The Morgan fingerprint density at radius 1 is 1.27 bits per heavy atom. The van der Waals surface area contributed by atoms with E-state index in [4.69, 9.17) is 14.3 Å². The zero-order valence-electron chi connectivity index (χ0n) is 7.85. The van der Waals surface area contributed by atoms with Gasteiger partial charge in [0.25, 0.3) is 0 Å². The van der Waals surface area contributed by atoms with Gasteiger partial charge in [0.15, 0.2) is 5.75 Å². The van der Waals surface area contributed by atoms with Crippen LogP contribution in [0.2, 0.25) is 0 Å². The molecular weight excluding hydrogens is 200 g/mol. The van der Waals surface area contributed by atoms with Crippen molar-refractivity contribution in [3.63, 3.8) is 0 Å². The second-order valence-corrected chi connectivity index (χ2v) is 2.97. The maximum atomic E-state index is 11.4. The molecule has 1 aromatic carbocycles. The van der Waals surface area contributed by atoms with Gasteiger partial charge >= 0.3 is 0 Å². The van der Waals surface area contributed by atoms with E-state index >= 15 is 0 Å². The van der Waals surface area contributed by atoms with Crippen LogP contribution in [0.5, 0.6) is 17.2 Å². The monoisotopic (exact) mass is 208 g/mol. The third kappa shape index (κ3) is 1.38. The van der Waals surface area contributed by atoms with E-state index < -0.39 is 11.2 Å². The Morgan fingerprint density at radius 2 is 2.00 bits per heavy atom. The fraction of sp³-hybridized carbons (Fsp3) is 0.100. The summed E-state index contributed by atoms with van der Waals surface area (Å²) >= 11 is 0. The van der Waals surface area contributed by atoms with Crippen LogP contribution in [0.4, 0.5) is 0 Å². The van der Waals surface area contributed by atoms with Crippen molar-refractivity contribution in [1.82, 2.24) is 0 Å². The minimum absolute atomic E-state index is 0.0594. The molecule has 0 radical (unpaired) electrons. The average molecular weight is 208 g/mol. The highest BCUT2D eigenvalue weighted by atomic mass is 16.5. The highest BCUT2D eigenvalue weighted by molar-refractivity contribution is 5.85. The molecule has 0 aliphatic rings. The predicted octanol–water partition coefficient (Wildman–Crippen LogP) is 1.21. The van der Waals surface area contributed by atoms with Gasteiger partial charge in [-0.2, -0.15) is 0 Å². The molecule has 0 saturated heterocycles. The summed E-state index contributed by atoms with van der Waals surface area (Å²) in [7, 11) is 1.43. The molecule has 0 atom stereocenters. The molecule has 0 aliphatic carbocycles. The molecule has 0 spiro atoms. The highest BCUT2D eigenvalue weighted by Gasteiger charge is 2.11. The third-order valence-corrected chi connectivity index (χ3v) is 2.05. The largest absolute Gasteiger partial charge is 0.507 e. The minimum Gasteiger partial charge on any atom is -0.507 e. The Hall–Kier alpha value is -2.17. The highest BCUT2D eigenvalue weighted by Crippen LogP contribution is 2.28. The van der Waals surface area contributed by atoms with E-state index in [0.29, 0.717) is 5.75 Å². The number of hydrogen-bond donors (Lipinski definition) is 2. The number of aromatic hydroxyl groups is 2. The standard InChI is InChI=1S/C10H8O5/c1-14-5-2-6(11)9-8(3-5)15-4-7(12)10(9)13/h2-4,11-12H,1H3. The van der Waals surface area contributed by atoms with E-state index in [9.17, 15) is 9.90 Å². The third-order valence-electron chi connectivity index (χ3n) is 2.05. The summed E-state index contributed by atoms with van der Waals surface area (Å²) in [5.74, 6) is -0.453. The summed E-state index contributed by atoms with van der Waals surface area (Å²) in [6, 6.07) is 2.73. The van der Waals surface area contributed by atoms with Crippen LogP contribution in [0.3, 0.4) is 0 Å². The average Bonchev–Trinajstić information content (AvgIpc) is 2.23. The van der Waals surface area contributed by atoms with Crippen molar-refractivity contribution in [2.24, 2.45) is 0 Å². The van der Waals surface area contributed by atoms with Gasteiger partial charge in [-0.25, -0.2) is 0 Å². The van der Waals surface area contributed by atoms with E-state index in [-0.39, 0.29) is 16.7 Å². The van der Waals surface area contributed by atoms with Gasteiger partial charge in [-0.1, -0.05) is 0 Å². The first kappa shape index (κ1) is 9.39. The Labute approximate surface area is 84.1 Å². The number of hydrogen-bond acceptors (Lipinski definition) is 5. The Kier molecular flexibility index (Phi) is 2.00. The molecule has 78 valence electrons. The first-order valence-corrected chi connectivity index (χ1v) is 4.15. The van der Waals surface area contributed by atoms with Crippen LogP contribution in [-0.4, -0.2) is 17.3 Å². The van der Waals surface area contributed by atoms with Gasteiger partial charge in [0.2, 0.25) is 5.43 Å². The van der Waals surface area contributed by atoms with Crippen LogP contribution < -0.4 is 10.2 Å². The van der Waals surface area contributed by atoms with Crippen LogP contribution in [0.15, 0.2) is 27.6 Å². The van der Waals surface area contributed by atoms with Crippen molar-refractivity contribution < 1.29 is 19.4 Å². The summed E-state index contributed by atoms with van der Waals surface area (Å²) in [5.41, 5.74) is -0.508. The fourth-order valence-corrected chi connectivity index (χ4v) is 1.32. The second-order valence-electron chi connectivity index (χ2n) is 2.97. The van der Waals surface area contributed by atoms with Gasteiger partial charge < -0.3 is 19.4 Å². The van der Waals surface area contributed by atoms with Crippen molar-refractivity contribution >= 4 is 11.0 Å². The maximum absolute atomic E-state index is 11.4. The topological polar surface area (TPSA) is 79.9 Å². The zero-order chi connectivity index (χ0) is 11.0. The lowest BCUT2D eigenvalue weighted by Gasteiger charge is -2.03. The van der Waals surface area contributed by atoms with Crippen LogP contribution in [0.25, 0.3) is 11.0 Å². The van der Waals surface area contributed by atoms with Crippen molar-refractivity contribution in [3.05, 3.63) is 28.6 Å². The molecule has 5 nitrogen and oxygen atoms in total. The molecule has 0 amide bonds. The first-order valence-electron chi connectivity index (χ1n) is 4.15. The number of phenols is 1. The molecule has 0 aliphatic heterocycles. The van der Waals surface area contributed by atoms with Crippen molar-refractivity contribution in [2.75, 3.05) is 7.11 Å². The van der Waals surface area contributed by atoms with E-state index in [2.05, 4.69) is 0 Å². The van der Waals surface area contributed by atoms with E-state index in [1.54, 1.807) is 0 Å². The molecule has 0 saturated carbocycles. The molecule has 2 rings (SSSR count). The molecule has 1 aromatic heterocycles. The number of benzene rings is 1. The SMILES string of the molecule is COc1cc(O)c2c(=O)c(O)coc2c1. The van der Waals surface area contributed by atoms with Gasteiger partial charge in [-0.05, 0) is 0 Å². The summed E-state index contributed by atoms with van der Waals surface area (Å²) < 4.78 is 9.85. The van der Waals surface area contributed by atoms with Gasteiger partial charge in [0.05, 0.1) is 7.11 Å². The number of ether oxygens (including phenoxy) is 1. The minimum atomic E-state index is -0.670. The Morgan fingerprint density at radius 3 is 2.67 bits per heavy atom. The molecule has 0 fully saturated rings. The lowest BCUT2D eigenvalue weighted by molar-refractivity contribution is 0.406. The smallest absolute Gasteiger partial charge is 0.238 e. The lowest BCUT2D eigenvalue weighted by atomic mass is 10.2. The van der Waals surface area contributed by atoms with Crippen LogP contribution in [0, 0.1) is 0 Å². The van der Waals surface area contributed by atoms with Crippen LogP contribution in [-0.2, 0) is 0 Å². The molecule has 2 aromatic rings. The number of fused-ring (bicyclic) bond motifs is 1. The zero-order valence-corrected chi connectivity index (χ0v) is 7.85. The quantitative estimate of drug-likeness (QED) is 0.736. The molecule has 2 N–H and O–H groups in total. The van der Waals surface area contributed by atoms with Crippen LogP contribution >= 0.6 is 0 Å². The van der Waals surface area contributed by atoms with E-state index in [0.717, 1.165) is 6.26 Å². The van der Waals surface area contributed by atoms with Crippen LogP contribution in [0.1, 0.15) is 0 Å². The fourth-order valence-electron chi connectivity index (χ4n) is 1.32.